The number of carbonyl (C=O) groups is 2. The van der Waals surface area contributed by atoms with Crippen LogP contribution in [0.5, 0.6) is 0 Å². The van der Waals surface area contributed by atoms with Gasteiger partial charge in [0.2, 0.25) is 0 Å². The lowest BCUT2D eigenvalue weighted by Crippen LogP contribution is -2.57. The minimum Gasteiger partial charge on any atom is -0.458 e. The minimum absolute atomic E-state index is 0.414. The van der Waals surface area contributed by atoms with Gasteiger partial charge in [-0.15, -0.1) is 0 Å². The highest BCUT2D eigenvalue weighted by Crippen LogP contribution is 2.27. The smallest absolute Gasteiger partial charge is 0.408 e. The molecule has 0 rings (SSSR count). The molecular weight excluding hydrogens is 424 g/mol. The van der Waals surface area contributed by atoms with Gasteiger partial charge in [0, 0.05) is 6.54 Å². The van der Waals surface area contributed by atoms with Crippen LogP contribution in [0.25, 0.3) is 0 Å². The van der Waals surface area contributed by atoms with E-state index in [1.807, 2.05) is 41.5 Å². The van der Waals surface area contributed by atoms with Crippen LogP contribution in [0, 0.1) is 0 Å². The summed E-state index contributed by atoms with van der Waals surface area (Å²) in [6.07, 6.45) is 3.24. The van der Waals surface area contributed by atoms with E-state index in [2.05, 4.69) is 10.8 Å². The van der Waals surface area contributed by atoms with Gasteiger partial charge in [-0.05, 0) is 94.9 Å². The molecule has 0 saturated carbocycles. The van der Waals surface area contributed by atoms with E-state index in [9.17, 15) is 14.7 Å². The summed E-state index contributed by atoms with van der Waals surface area (Å²) in [5.74, 6) is -0.443. The van der Waals surface area contributed by atoms with Crippen molar-refractivity contribution in [3.05, 3.63) is 0 Å². The normalized spacial score (nSPS) is 15.0. The van der Waals surface area contributed by atoms with Crippen molar-refractivity contribution in [3.63, 3.8) is 0 Å². The number of aliphatic hydroxyl groups is 1. The number of alkyl carbamates (subject to hydrolysis) is 1. The first-order chi connectivity index (χ1) is 14.7. The first-order valence-corrected chi connectivity index (χ1v) is 12.1. The Bertz CT molecular complexity index is 614. The van der Waals surface area contributed by atoms with E-state index in [0.29, 0.717) is 32.2 Å². The monoisotopic (exact) mass is 474 g/mol. The summed E-state index contributed by atoms with van der Waals surface area (Å²) in [5, 5.41) is 13.0. The predicted octanol–water partition coefficient (Wildman–Crippen LogP) is 5.02. The third-order valence-electron chi connectivity index (χ3n) is 5.42. The highest BCUT2D eigenvalue weighted by atomic mass is 16.7. The molecule has 0 fully saturated rings. The van der Waals surface area contributed by atoms with Crippen molar-refractivity contribution in [1.82, 2.24) is 10.8 Å². The van der Waals surface area contributed by atoms with Gasteiger partial charge in [-0.2, -0.15) is 0 Å². The quantitative estimate of drug-likeness (QED) is 0.195. The number of ether oxygens (including phenoxy) is 2. The molecule has 1 amide bonds. The summed E-state index contributed by atoms with van der Waals surface area (Å²) >= 11 is 0. The number of hydrogen-bond donors (Lipinski definition) is 3. The van der Waals surface area contributed by atoms with Crippen LogP contribution >= 0.6 is 0 Å². The van der Waals surface area contributed by atoms with Crippen molar-refractivity contribution in [1.29, 1.82) is 0 Å². The fraction of sp³-hybridized carbons (Fsp3) is 0.920. The van der Waals surface area contributed by atoms with Crippen molar-refractivity contribution >= 4 is 12.1 Å². The van der Waals surface area contributed by atoms with E-state index in [-0.39, 0.29) is 0 Å². The molecule has 0 aromatic carbocycles. The fourth-order valence-corrected chi connectivity index (χ4v) is 2.84. The van der Waals surface area contributed by atoms with Gasteiger partial charge in [0.05, 0.1) is 5.60 Å². The standard InChI is InChI=1S/C25H50N2O6/c1-12-13-16-25(19(28)31-21(2,3)4,27-20(29)32-22(5,6)7)17-14-15-18-26-33-24(10,11)23(8,9)30/h26,30H,12-18H2,1-11H3,(H,27,29). The molecule has 0 aromatic heterocycles. The Morgan fingerprint density at radius 2 is 1.30 bits per heavy atom. The molecule has 1 atom stereocenters. The maximum absolute atomic E-state index is 13.3. The summed E-state index contributed by atoms with van der Waals surface area (Å²) in [6.45, 7) is 20.4. The second-order valence-corrected chi connectivity index (χ2v) is 11.8. The predicted molar refractivity (Wildman–Crippen MR) is 131 cm³/mol. The van der Waals surface area contributed by atoms with Crippen LogP contribution in [-0.4, -0.2) is 51.7 Å². The van der Waals surface area contributed by atoms with Crippen LogP contribution in [0.3, 0.4) is 0 Å². The van der Waals surface area contributed by atoms with Crippen LogP contribution in [0.1, 0.15) is 115 Å². The highest BCUT2D eigenvalue weighted by Gasteiger charge is 2.43. The van der Waals surface area contributed by atoms with Crippen LogP contribution in [0.2, 0.25) is 0 Å². The molecule has 0 spiro atoms. The Balaban J connectivity index is 5.33. The number of unbranched alkanes of at least 4 members (excludes halogenated alkanes) is 2. The number of amides is 1. The van der Waals surface area contributed by atoms with Crippen molar-refractivity contribution in [2.45, 2.75) is 143 Å². The number of esters is 1. The molecule has 8 nitrogen and oxygen atoms in total. The Morgan fingerprint density at radius 3 is 1.76 bits per heavy atom. The number of hydrogen-bond acceptors (Lipinski definition) is 7. The first kappa shape index (κ1) is 31.6. The molecule has 1 unspecified atom stereocenters. The van der Waals surface area contributed by atoms with Crippen molar-refractivity contribution in [2.75, 3.05) is 6.54 Å². The molecule has 0 aliphatic rings. The van der Waals surface area contributed by atoms with E-state index in [1.165, 1.54) is 0 Å². The topological polar surface area (TPSA) is 106 Å². The summed E-state index contributed by atoms with van der Waals surface area (Å²) < 4.78 is 11.2. The Labute approximate surface area is 201 Å². The minimum atomic E-state index is -1.17. The molecular formula is C25H50N2O6. The van der Waals surface area contributed by atoms with Crippen LogP contribution in [0.15, 0.2) is 0 Å². The third kappa shape index (κ3) is 12.6. The summed E-state index contributed by atoms with van der Waals surface area (Å²) in [7, 11) is 0. The summed E-state index contributed by atoms with van der Waals surface area (Å²) in [6, 6.07) is 0. The number of carbonyl (C=O) groups excluding carboxylic acids is 2. The molecule has 8 heteroatoms. The lowest BCUT2D eigenvalue weighted by molar-refractivity contribution is -0.183. The number of nitrogens with one attached hydrogen (secondary N) is 2. The lowest BCUT2D eigenvalue weighted by Gasteiger charge is -2.37. The van der Waals surface area contributed by atoms with Gasteiger partial charge in [0.1, 0.15) is 22.3 Å². The van der Waals surface area contributed by atoms with Gasteiger partial charge in [-0.3, -0.25) is 4.84 Å². The molecule has 0 aromatic rings. The molecule has 0 aliphatic heterocycles. The van der Waals surface area contributed by atoms with Crippen LogP contribution in [0.4, 0.5) is 4.79 Å². The van der Waals surface area contributed by atoms with Crippen LogP contribution in [-0.2, 0) is 19.1 Å². The molecule has 196 valence electrons. The highest BCUT2D eigenvalue weighted by molar-refractivity contribution is 5.86. The Kier molecular flexibility index (Phi) is 11.8. The van der Waals surface area contributed by atoms with Gasteiger partial charge >= 0.3 is 12.1 Å². The van der Waals surface area contributed by atoms with E-state index in [0.717, 1.165) is 12.8 Å². The number of hydroxylamine groups is 1. The molecule has 0 aliphatic carbocycles. The third-order valence-corrected chi connectivity index (χ3v) is 5.42. The Hall–Kier alpha value is -1.38. The number of rotatable bonds is 13. The van der Waals surface area contributed by atoms with Gasteiger partial charge < -0.3 is 19.9 Å². The zero-order valence-electron chi connectivity index (χ0n) is 22.9. The van der Waals surface area contributed by atoms with Crippen molar-refractivity contribution < 1.29 is 29.0 Å². The maximum atomic E-state index is 13.3. The molecule has 0 saturated heterocycles. The average Bonchev–Trinajstić information content (AvgIpc) is 2.58. The molecule has 3 N–H and O–H groups in total. The zero-order chi connectivity index (χ0) is 26.1. The maximum Gasteiger partial charge on any atom is 0.408 e. The second-order valence-electron chi connectivity index (χ2n) is 11.8. The Morgan fingerprint density at radius 1 is 0.788 bits per heavy atom. The van der Waals surface area contributed by atoms with Gasteiger partial charge in [-0.1, -0.05) is 19.8 Å². The van der Waals surface area contributed by atoms with Crippen LogP contribution < -0.4 is 10.8 Å². The first-order valence-electron chi connectivity index (χ1n) is 12.1. The van der Waals surface area contributed by atoms with Gasteiger partial charge in [-0.25, -0.2) is 15.1 Å². The lowest BCUT2D eigenvalue weighted by atomic mass is 9.86. The van der Waals surface area contributed by atoms with Crippen molar-refractivity contribution in [3.8, 4) is 0 Å². The molecule has 0 bridgehead atoms. The molecule has 0 radical (unpaired) electrons. The van der Waals surface area contributed by atoms with E-state index < -0.39 is 40.0 Å². The summed E-state index contributed by atoms with van der Waals surface area (Å²) in [4.78, 5) is 31.6. The average molecular weight is 475 g/mol. The van der Waals surface area contributed by atoms with Gasteiger partial charge in [0.25, 0.3) is 0 Å². The second kappa shape index (κ2) is 12.4. The van der Waals surface area contributed by atoms with Gasteiger partial charge in [0.15, 0.2) is 0 Å². The van der Waals surface area contributed by atoms with E-state index in [1.54, 1.807) is 34.6 Å². The molecule has 33 heavy (non-hydrogen) atoms. The SMILES string of the molecule is CCCCC(CCCCNOC(C)(C)C(C)(C)O)(NC(=O)OC(C)(C)C)C(=O)OC(C)(C)C. The summed E-state index contributed by atoms with van der Waals surface area (Å²) in [5.41, 5.74) is -1.39. The van der Waals surface area contributed by atoms with E-state index in [4.69, 9.17) is 14.3 Å². The largest absolute Gasteiger partial charge is 0.458 e. The van der Waals surface area contributed by atoms with Crippen molar-refractivity contribution in [2.24, 2.45) is 0 Å². The molecule has 0 heterocycles. The van der Waals surface area contributed by atoms with E-state index >= 15 is 0 Å². The fourth-order valence-electron chi connectivity index (χ4n) is 2.84. The zero-order valence-corrected chi connectivity index (χ0v) is 22.9.